The summed E-state index contributed by atoms with van der Waals surface area (Å²) in [6, 6.07) is 8.36. The van der Waals surface area contributed by atoms with E-state index in [4.69, 9.17) is 0 Å². The standard InChI is InChI=1S/C22H26N4O/c1-15(2)11-26-13-20(14-26)22(27)8-21-7-18-6-16(4-5-17(18)9-23-21)19-10-24-25(3)12-19/h4-7,9-10,12,15,20H,8,11,13-14H2,1-3H3. The van der Waals surface area contributed by atoms with Crippen molar-refractivity contribution >= 4 is 16.6 Å². The zero-order valence-corrected chi connectivity index (χ0v) is 16.2. The zero-order valence-electron chi connectivity index (χ0n) is 16.2. The van der Waals surface area contributed by atoms with Crippen molar-refractivity contribution in [1.82, 2.24) is 19.7 Å². The van der Waals surface area contributed by atoms with E-state index in [1.807, 2.05) is 25.6 Å². The maximum Gasteiger partial charge on any atom is 0.144 e. The van der Waals surface area contributed by atoms with Crippen molar-refractivity contribution in [2.24, 2.45) is 18.9 Å². The predicted octanol–water partition coefficient (Wildman–Crippen LogP) is 3.33. The lowest BCUT2D eigenvalue weighted by atomic mass is 9.91. The van der Waals surface area contributed by atoms with Gasteiger partial charge < -0.3 is 4.90 Å². The van der Waals surface area contributed by atoms with E-state index in [-0.39, 0.29) is 5.92 Å². The van der Waals surface area contributed by atoms with Crippen molar-refractivity contribution in [2.45, 2.75) is 20.3 Å². The number of carbonyl (C=O) groups is 1. The molecule has 1 aliphatic heterocycles. The number of ketones is 1. The summed E-state index contributed by atoms with van der Waals surface area (Å²) in [6.07, 6.45) is 6.17. The lowest BCUT2D eigenvalue weighted by Gasteiger charge is -2.39. The zero-order chi connectivity index (χ0) is 19.0. The number of hydrogen-bond donors (Lipinski definition) is 0. The van der Waals surface area contributed by atoms with Crippen LogP contribution >= 0.6 is 0 Å². The molecule has 4 rings (SSSR count). The molecule has 27 heavy (non-hydrogen) atoms. The molecule has 1 aromatic carbocycles. The average molecular weight is 362 g/mol. The molecule has 1 saturated heterocycles. The van der Waals surface area contributed by atoms with Crippen molar-refractivity contribution in [2.75, 3.05) is 19.6 Å². The van der Waals surface area contributed by atoms with E-state index in [0.29, 0.717) is 18.1 Å². The van der Waals surface area contributed by atoms with E-state index in [1.165, 1.54) is 0 Å². The number of benzene rings is 1. The van der Waals surface area contributed by atoms with Crippen LogP contribution in [0.2, 0.25) is 0 Å². The van der Waals surface area contributed by atoms with E-state index in [1.54, 1.807) is 4.68 Å². The highest BCUT2D eigenvalue weighted by molar-refractivity contribution is 5.89. The third kappa shape index (κ3) is 3.93. The normalized spacial score (nSPS) is 15.4. The summed E-state index contributed by atoms with van der Waals surface area (Å²) in [6.45, 7) is 7.31. The van der Waals surface area contributed by atoms with Crippen molar-refractivity contribution < 1.29 is 4.79 Å². The van der Waals surface area contributed by atoms with Crippen LogP contribution in [0, 0.1) is 11.8 Å². The molecule has 3 heterocycles. The summed E-state index contributed by atoms with van der Waals surface area (Å²) < 4.78 is 1.80. The van der Waals surface area contributed by atoms with E-state index in [0.717, 1.165) is 47.2 Å². The lowest BCUT2D eigenvalue weighted by Crippen LogP contribution is -2.51. The Kier molecular flexibility index (Phi) is 4.79. The predicted molar refractivity (Wildman–Crippen MR) is 107 cm³/mol. The number of rotatable bonds is 6. The molecule has 0 atom stereocenters. The van der Waals surface area contributed by atoms with E-state index in [9.17, 15) is 4.79 Å². The fraction of sp³-hybridized carbons (Fsp3) is 0.409. The third-order valence-corrected chi connectivity index (χ3v) is 5.21. The van der Waals surface area contributed by atoms with Crippen LogP contribution in [-0.4, -0.2) is 45.1 Å². The Balaban J connectivity index is 1.47. The summed E-state index contributed by atoms with van der Waals surface area (Å²) in [4.78, 5) is 19.4. The van der Waals surface area contributed by atoms with Gasteiger partial charge in [0.25, 0.3) is 0 Å². The van der Waals surface area contributed by atoms with Gasteiger partial charge in [-0.3, -0.25) is 14.5 Å². The largest absolute Gasteiger partial charge is 0.302 e. The minimum absolute atomic E-state index is 0.169. The third-order valence-electron chi connectivity index (χ3n) is 5.21. The first-order valence-electron chi connectivity index (χ1n) is 9.60. The van der Waals surface area contributed by atoms with E-state index >= 15 is 0 Å². The molecule has 2 aromatic heterocycles. The number of hydrogen-bond acceptors (Lipinski definition) is 4. The van der Waals surface area contributed by atoms with Crippen molar-refractivity contribution in [3.8, 4) is 11.1 Å². The number of likely N-dealkylation sites (tertiary alicyclic amines) is 1. The molecule has 0 saturated carbocycles. The number of pyridine rings is 1. The minimum atomic E-state index is 0.169. The molecule has 0 N–H and O–H groups in total. The molecule has 0 bridgehead atoms. The van der Waals surface area contributed by atoms with Gasteiger partial charge in [0.1, 0.15) is 5.78 Å². The molecule has 0 unspecified atom stereocenters. The number of nitrogens with zero attached hydrogens (tertiary/aromatic N) is 4. The number of aromatic nitrogens is 3. The van der Waals surface area contributed by atoms with Crippen molar-refractivity contribution in [3.05, 3.63) is 48.5 Å². The summed E-state index contributed by atoms with van der Waals surface area (Å²) >= 11 is 0. The Bertz CT molecular complexity index is 969. The quantitative estimate of drug-likeness (QED) is 0.675. The van der Waals surface area contributed by atoms with Gasteiger partial charge in [-0.15, -0.1) is 0 Å². The summed E-state index contributed by atoms with van der Waals surface area (Å²) in [7, 11) is 1.92. The van der Waals surface area contributed by atoms with Gasteiger partial charge in [0.15, 0.2) is 0 Å². The van der Waals surface area contributed by atoms with E-state index < -0.39 is 0 Å². The minimum Gasteiger partial charge on any atom is -0.302 e. The van der Waals surface area contributed by atoms with Gasteiger partial charge in [-0.05, 0) is 29.0 Å². The number of fused-ring (bicyclic) bond motifs is 1. The van der Waals surface area contributed by atoms with Gasteiger partial charge in [0.2, 0.25) is 0 Å². The summed E-state index contributed by atoms with van der Waals surface area (Å²) in [5.74, 6) is 1.13. The van der Waals surface area contributed by atoms with Crippen LogP contribution in [-0.2, 0) is 18.3 Å². The molecule has 1 fully saturated rings. The molecule has 0 spiro atoms. The Labute approximate surface area is 160 Å². The maximum atomic E-state index is 12.6. The van der Waals surface area contributed by atoms with Gasteiger partial charge in [0, 0.05) is 68.1 Å². The van der Waals surface area contributed by atoms with Gasteiger partial charge >= 0.3 is 0 Å². The van der Waals surface area contributed by atoms with Crippen LogP contribution in [0.4, 0.5) is 0 Å². The molecule has 3 aromatic rings. The van der Waals surface area contributed by atoms with Crippen molar-refractivity contribution in [3.63, 3.8) is 0 Å². The summed E-state index contributed by atoms with van der Waals surface area (Å²) in [5.41, 5.74) is 3.08. The Morgan fingerprint density at radius 1 is 1.15 bits per heavy atom. The highest BCUT2D eigenvalue weighted by Crippen LogP contribution is 2.25. The van der Waals surface area contributed by atoms with Crippen LogP contribution in [0.3, 0.4) is 0 Å². The first-order valence-corrected chi connectivity index (χ1v) is 9.60. The second-order valence-electron chi connectivity index (χ2n) is 8.09. The number of aryl methyl sites for hydroxylation is 1. The van der Waals surface area contributed by atoms with Gasteiger partial charge in [-0.25, -0.2) is 0 Å². The van der Waals surface area contributed by atoms with Gasteiger partial charge in [0.05, 0.1) is 6.20 Å². The summed E-state index contributed by atoms with van der Waals surface area (Å²) in [5, 5.41) is 6.45. The van der Waals surface area contributed by atoms with Gasteiger partial charge in [-0.1, -0.05) is 26.0 Å². The molecule has 140 valence electrons. The number of Topliss-reactive ketones (excluding diaryl/α,β-unsaturated/α-hetero) is 1. The van der Waals surface area contributed by atoms with Crippen LogP contribution in [0.1, 0.15) is 19.5 Å². The Morgan fingerprint density at radius 2 is 1.96 bits per heavy atom. The number of carbonyl (C=O) groups excluding carboxylic acids is 1. The first kappa shape index (κ1) is 17.9. The lowest BCUT2D eigenvalue weighted by molar-refractivity contribution is -0.127. The van der Waals surface area contributed by atoms with Gasteiger partial charge in [-0.2, -0.15) is 5.10 Å². The van der Waals surface area contributed by atoms with E-state index in [2.05, 4.69) is 53.1 Å². The highest BCUT2D eigenvalue weighted by Gasteiger charge is 2.32. The molecule has 0 amide bonds. The van der Waals surface area contributed by atoms with Crippen LogP contribution in [0.5, 0.6) is 0 Å². The smallest absolute Gasteiger partial charge is 0.144 e. The first-order chi connectivity index (χ1) is 13.0. The van der Waals surface area contributed by atoms with Crippen molar-refractivity contribution in [1.29, 1.82) is 0 Å². The Morgan fingerprint density at radius 3 is 2.67 bits per heavy atom. The second kappa shape index (κ2) is 7.24. The highest BCUT2D eigenvalue weighted by atomic mass is 16.1. The molecule has 5 heteroatoms. The maximum absolute atomic E-state index is 12.6. The fourth-order valence-electron chi connectivity index (χ4n) is 3.79. The molecular formula is C22H26N4O. The van der Waals surface area contributed by atoms with Crippen LogP contribution in [0.25, 0.3) is 21.9 Å². The SMILES string of the molecule is CC(C)CN1CC(C(=O)Cc2cc3cc(-c4cnn(C)c4)ccc3cn2)C1. The van der Waals surface area contributed by atoms with Crippen LogP contribution in [0.15, 0.2) is 42.9 Å². The molecule has 0 radical (unpaired) electrons. The molecular weight excluding hydrogens is 336 g/mol. The molecule has 1 aliphatic rings. The fourth-order valence-corrected chi connectivity index (χ4v) is 3.79. The van der Waals surface area contributed by atoms with Crippen LogP contribution < -0.4 is 0 Å². The average Bonchev–Trinajstić information content (AvgIpc) is 3.03. The molecule has 0 aliphatic carbocycles. The topological polar surface area (TPSA) is 51.0 Å². The monoisotopic (exact) mass is 362 g/mol. The molecule has 5 nitrogen and oxygen atoms in total. The second-order valence-corrected chi connectivity index (χ2v) is 8.09. The Hall–Kier alpha value is -2.53.